The molecule has 1 aromatic carbocycles. The fraction of sp³-hybridized carbons (Fsp3) is 0.294. The third-order valence-corrected chi connectivity index (χ3v) is 4.91. The van der Waals surface area contributed by atoms with E-state index in [-0.39, 0.29) is 12.1 Å². The Morgan fingerprint density at radius 3 is 2.59 bits per heavy atom. The molecule has 1 atom stereocenters. The first-order valence-electron chi connectivity index (χ1n) is 7.87. The normalized spacial score (nSPS) is 13.7. The number of allylic oxidation sites excluding steroid dienone is 1. The van der Waals surface area contributed by atoms with Crippen LogP contribution in [0.5, 0.6) is 0 Å². The number of halogens is 4. The Balaban J connectivity index is 2.30. The molecular weight excluding hydrogens is 401 g/mol. The average Bonchev–Trinajstić information content (AvgIpc) is 3.08. The largest absolute Gasteiger partial charge is 0.493 e. The summed E-state index contributed by atoms with van der Waals surface area (Å²) in [5.41, 5.74) is 0.0993. The molecule has 0 saturated heterocycles. The maximum atomic E-state index is 13.8. The summed E-state index contributed by atoms with van der Waals surface area (Å²) < 4.78 is 47.6. The van der Waals surface area contributed by atoms with E-state index in [0.717, 1.165) is 18.2 Å². The molecule has 0 aliphatic heterocycles. The highest BCUT2D eigenvalue weighted by atomic mass is 35.5. The molecule has 0 saturated carbocycles. The predicted octanol–water partition coefficient (Wildman–Crippen LogP) is 5.33. The van der Waals surface area contributed by atoms with E-state index in [1.807, 2.05) is 0 Å². The zero-order valence-corrected chi connectivity index (χ0v) is 16.1. The van der Waals surface area contributed by atoms with Crippen LogP contribution in [0.3, 0.4) is 0 Å². The van der Waals surface area contributed by atoms with Gasteiger partial charge in [-0.05, 0) is 29.6 Å². The lowest BCUT2D eigenvalue weighted by molar-refractivity contribution is -0.172. The van der Waals surface area contributed by atoms with Crippen LogP contribution in [0.2, 0.25) is 5.02 Å². The second kappa shape index (κ2) is 9.29. The van der Waals surface area contributed by atoms with Gasteiger partial charge in [0.05, 0.1) is 13.3 Å². The molecule has 0 bridgehead atoms. The summed E-state index contributed by atoms with van der Waals surface area (Å²) in [4.78, 5) is 7.01. The van der Waals surface area contributed by atoms with Gasteiger partial charge in [-0.25, -0.2) is 9.29 Å². The van der Waals surface area contributed by atoms with Gasteiger partial charge in [0.1, 0.15) is 11.1 Å². The van der Waals surface area contributed by atoms with Gasteiger partial charge in [-0.3, -0.25) is 0 Å². The van der Waals surface area contributed by atoms with Gasteiger partial charge in [-0.2, -0.15) is 13.2 Å². The molecule has 0 spiro atoms. The number of alkyl halides is 3. The molecule has 10 heteroatoms. The van der Waals surface area contributed by atoms with E-state index in [4.69, 9.17) is 21.7 Å². The summed E-state index contributed by atoms with van der Waals surface area (Å²) >= 11 is 6.71. The van der Waals surface area contributed by atoms with Crippen molar-refractivity contribution >= 4 is 35.5 Å². The zero-order valence-electron chi connectivity index (χ0n) is 14.5. The van der Waals surface area contributed by atoms with Crippen LogP contribution in [0.1, 0.15) is 24.4 Å². The average molecular weight is 419 g/mol. The fourth-order valence-electron chi connectivity index (χ4n) is 2.39. The highest BCUT2D eigenvalue weighted by molar-refractivity contribution is 7.97. The van der Waals surface area contributed by atoms with Crippen molar-refractivity contribution in [3.8, 4) is 0 Å². The van der Waals surface area contributed by atoms with Crippen LogP contribution in [-0.4, -0.2) is 40.3 Å². The molecule has 0 radical (unpaired) electrons. The van der Waals surface area contributed by atoms with Gasteiger partial charge in [-0.15, -0.1) is 0 Å². The minimum Gasteiger partial charge on any atom is -0.493 e. The molecule has 2 N–H and O–H groups in total. The number of rotatable bonds is 8. The van der Waals surface area contributed by atoms with Gasteiger partial charge < -0.3 is 15.1 Å². The second-order valence-corrected chi connectivity index (χ2v) is 6.85. The molecule has 0 aliphatic rings. The Morgan fingerprint density at radius 2 is 2.07 bits per heavy atom. The first-order valence-corrected chi connectivity index (χ1v) is 9.02. The number of H-pyrrole nitrogens is 1. The SMILES string of the molecule is CCN(Sc1cnc(/C(=C\C=N)OC)[nH]1)C(c1ccc(Cl)cc1)C(F)(F)F. The number of methoxy groups -OCH3 is 1. The Labute approximate surface area is 164 Å². The molecule has 5 nitrogen and oxygen atoms in total. The number of nitrogens with zero attached hydrogens (tertiary/aromatic N) is 2. The van der Waals surface area contributed by atoms with Crippen LogP contribution in [-0.2, 0) is 4.74 Å². The Hall–Kier alpha value is -1.97. The summed E-state index contributed by atoms with van der Waals surface area (Å²) in [5.74, 6) is 0.638. The predicted molar refractivity (Wildman–Crippen MR) is 101 cm³/mol. The molecule has 1 heterocycles. The van der Waals surface area contributed by atoms with Crippen LogP contribution >= 0.6 is 23.5 Å². The van der Waals surface area contributed by atoms with Crippen LogP contribution < -0.4 is 0 Å². The van der Waals surface area contributed by atoms with Crippen molar-refractivity contribution in [3.05, 3.63) is 52.9 Å². The number of ether oxygens (including phenoxy) is 1. The van der Waals surface area contributed by atoms with Gasteiger partial charge in [-0.1, -0.05) is 30.7 Å². The Kier molecular flexibility index (Phi) is 7.34. The fourth-order valence-corrected chi connectivity index (χ4v) is 3.48. The monoisotopic (exact) mass is 418 g/mol. The molecule has 1 aromatic heterocycles. The summed E-state index contributed by atoms with van der Waals surface area (Å²) in [6.45, 7) is 1.79. The highest BCUT2D eigenvalue weighted by Crippen LogP contribution is 2.42. The minimum atomic E-state index is -4.47. The Bertz CT molecular complexity index is 792. The van der Waals surface area contributed by atoms with Gasteiger partial charge in [0.15, 0.2) is 11.6 Å². The summed E-state index contributed by atoms with van der Waals surface area (Å²) in [6.07, 6.45) is -0.629. The number of hydrogen-bond donors (Lipinski definition) is 2. The number of aromatic nitrogens is 2. The molecule has 1 unspecified atom stereocenters. The van der Waals surface area contributed by atoms with Crippen molar-refractivity contribution in [1.82, 2.24) is 14.3 Å². The maximum Gasteiger partial charge on any atom is 0.408 e. The van der Waals surface area contributed by atoms with Crippen molar-refractivity contribution in [1.29, 1.82) is 5.41 Å². The van der Waals surface area contributed by atoms with Crippen molar-refractivity contribution in [2.75, 3.05) is 13.7 Å². The Morgan fingerprint density at radius 1 is 1.41 bits per heavy atom. The van der Waals surface area contributed by atoms with E-state index in [9.17, 15) is 13.2 Å². The summed E-state index contributed by atoms with van der Waals surface area (Å²) in [7, 11) is 1.42. The second-order valence-electron chi connectivity index (χ2n) is 5.32. The number of imidazole rings is 1. The number of aromatic amines is 1. The quantitative estimate of drug-likeness (QED) is 0.345. The molecule has 27 heavy (non-hydrogen) atoms. The molecular formula is C17H18ClF3N4OS. The lowest BCUT2D eigenvalue weighted by Crippen LogP contribution is -2.34. The van der Waals surface area contributed by atoms with Gasteiger partial charge in [0.2, 0.25) is 0 Å². The van der Waals surface area contributed by atoms with E-state index in [1.54, 1.807) is 6.92 Å². The van der Waals surface area contributed by atoms with E-state index in [2.05, 4.69) is 9.97 Å². The topological polar surface area (TPSA) is 65.0 Å². The van der Waals surface area contributed by atoms with E-state index < -0.39 is 12.2 Å². The van der Waals surface area contributed by atoms with Gasteiger partial charge in [0.25, 0.3) is 0 Å². The summed E-state index contributed by atoms with van der Waals surface area (Å²) in [6, 6.07) is 3.82. The van der Waals surface area contributed by atoms with E-state index >= 15 is 0 Å². The molecule has 146 valence electrons. The van der Waals surface area contributed by atoms with Crippen LogP contribution in [0.4, 0.5) is 13.2 Å². The van der Waals surface area contributed by atoms with Gasteiger partial charge in [0, 0.05) is 23.9 Å². The van der Waals surface area contributed by atoms with Crippen molar-refractivity contribution in [2.24, 2.45) is 0 Å². The standard InChI is InChI=1S/C17H18ClF3N4OS/c1-3-25(15(17(19,20)21)11-4-6-12(18)7-5-11)27-14-10-23-16(24-14)13(26-2)8-9-22/h4-10,15,22H,3H2,1-2H3,(H,23,24)/b13-8+,22-9?. The van der Waals surface area contributed by atoms with Crippen molar-refractivity contribution in [2.45, 2.75) is 24.2 Å². The summed E-state index contributed by atoms with van der Waals surface area (Å²) in [5, 5.41) is 7.89. The lowest BCUT2D eigenvalue weighted by Gasteiger charge is -2.31. The lowest BCUT2D eigenvalue weighted by atomic mass is 10.1. The number of hydrogen-bond acceptors (Lipinski definition) is 5. The molecule has 0 fully saturated rings. The molecule has 2 aromatic rings. The number of benzene rings is 1. The first kappa shape index (κ1) is 21.3. The first-order chi connectivity index (χ1) is 12.8. The van der Waals surface area contributed by atoms with E-state index in [1.165, 1.54) is 48.0 Å². The third-order valence-electron chi connectivity index (χ3n) is 3.55. The maximum absolute atomic E-state index is 13.8. The van der Waals surface area contributed by atoms with Gasteiger partial charge >= 0.3 is 6.18 Å². The molecule has 0 aliphatic carbocycles. The third kappa shape index (κ3) is 5.50. The minimum absolute atomic E-state index is 0.0993. The van der Waals surface area contributed by atoms with Crippen molar-refractivity contribution in [3.63, 3.8) is 0 Å². The van der Waals surface area contributed by atoms with E-state index in [0.29, 0.717) is 21.6 Å². The van der Waals surface area contributed by atoms with Crippen LogP contribution in [0.25, 0.3) is 5.76 Å². The van der Waals surface area contributed by atoms with Crippen LogP contribution in [0, 0.1) is 5.41 Å². The molecule has 0 amide bonds. The molecule has 2 rings (SSSR count). The highest BCUT2D eigenvalue weighted by Gasteiger charge is 2.45. The van der Waals surface area contributed by atoms with Crippen LogP contribution in [0.15, 0.2) is 41.6 Å². The smallest absolute Gasteiger partial charge is 0.408 e. The number of nitrogens with one attached hydrogen (secondary N) is 2. The van der Waals surface area contributed by atoms with Crippen molar-refractivity contribution < 1.29 is 17.9 Å². The zero-order chi connectivity index (χ0) is 20.0.